The highest BCUT2D eigenvalue weighted by Crippen LogP contribution is 2.20. The van der Waals surface area contributed by atoms with Gasteiger partial charge in [0.2, 0.25) is 11.8 Å². The van der Waals surface area contributed by atoms with E-state index in [0.29, 0.717) is 25.4 Å². The topological polar surface area (TPSA) is 49.4 Å². The van der Waals surface area contributed by atoms with Crippen molar-refractivity contribution in [3.63, 3.8) is 0 Å². The molecule has 138 valence electrons. The minimum atomic E-state index is -0.0561. The maximum Gasteiger partial charge on any atom is 0.223 e. The first-order valence-electron chi connectivity index (χ1n) is 9.16. The molecule has 2 rings (SSSR count). The van der Waals surface area contributed by atoms with Gasteiger partial charge in [0.15, 0.2) is 0 Å². The summed E-state index contributed by atoms with van der Waals surface area (Å²) in [5.74, 6) is 0.357. The number of amides is 2. The molecule has 0 spiro atoms. The van der Waals surface area contributed by atoms with Gasteiger partial charge in [-0.05, 0) is 35.6 Å². The average Bonchev–Trinajstić information content (AvgIpc) is 2.63. The van der Waals surface area contributed by atoms with Gasteiger partial charge >= 0.3 is 0 Å². The lowest BCUT2D eigenvalue weighted by Crippen LogP contribution is -2.34. The van der Waals surface area contributed by atoms with Crippen molar-refractivity contribution >= 4 is 17.5 Å². The monoisotopic (exact) mass is 352 g/mol. The Morgan fingerprint density at radius 1 is 1.00 bits per heavy atom. The van der Waals surface area contributed by atoms with E-state index >= 15 is 0 Å². The van der Waals surface area contributed by atoms with Crippen molar-refractivity contribution in [1.82, 2.24) is 5.32 Å². The van der Waals surface area contributed by atoms with Crippen molar-refractivity contribution < 1.29 is 9.59 Å². The second kappa shape index (κ2) is 9.76. The lowest BCUT2D eigenvalue weighted by atomic mass is 10.0. The third kappa shape index (κ3) is 6.03. The summed E-state index contributed by atoms with van der Waals surface area (Å²) < 4.78 is 0. The Morgan fingerprint density at radius 2 is 1.65 bits per heavy atom. The maximum atomic E-state index is 12.1. The standard InChI is InChI=1S/C22H28N2O2/c1-17(2)20-9-11-21(12-10-20)24(18(3)25)16-14-22(26)23-15-13-19-7-5-4-6-8-19/h4-12,17H,13-16H2,1-3H3,(H,23,26). The first kappa shape index (κ1) is 19.7. The second-order valence-corrected chi connectivity index (χ2v) is 6.75. The van der Waals surface area contributed by atoms with E-state index in [1.54, 1.807) is 4.90 Å². The summed E-state index contributed by atoms with van der Waals surface area (Å²) in [6.45, 7) is 6.79. The molecule has 0 aliphatic carbocycles. The van der Waals surface area contributed by atoms with Gasteiger partial charge in [-0.2, -0.15) is 0 Å². The van der Waals surface area contributed by atoms with Crippen molar-refractivity contribution in [2.75, 3.05) is 18.0 Å². The van der Waals surface area contributed by atoms with Crippen molar-refractivity contribution in [2.45, 2.75) is 39.5 Å². The van der Waals surface area contributed by atoms with Crippen LogP contribution in [0, 0.1) is 0 Å². The Balaban J connectivity index is 1.83. The molecule has 1 N–H and O–H groups in total. The fraction of sp³-hybridized carbons (Fsp3) is 0.364. The molecule has 2 amide bonds. The van der Waals surface area contributed by atoms with Gasteiger partial charge in [0, 0.05) is 32.1 Å². The van der Waals surface area contributed by atoms with Crippen LogP contribution in [0.2, 0.25) is 0 Å². The number of nitrogens with one attached hydrogen (secondary N) is 1. The Morgan fingerprint density at radius 3 is 2.23 bits per heavy atom. The van der Waals surface area contributed by atoms with Crippen LogP contribution in [0.15, 0.2) is 54.6 Å². The smallest absolute Gasteiger partial charge is 0.223 e. The summed E-state index contributed by atoms with van der Waals surface area (Å²) in [5.41, 5.74) is 3.26. The summed E-state index contributed by atoms with van der Waals surface area (Å²) in [6, 6.07) is 18.0. The zero-order valence-electron chi connectivity index (χ0n) is 15.9. The Kier molecular flexibility index (Phi) is 7.39. The second-order valence-electron chi connectivity index (χ2n) is 6.75. The molecule has 0 fully saturated rings. The summed E-state index contributed by atoms with van der Waals surface area (Å²) in [6.07, 6.45) is 1.10. The number of carbonyl (C=O) groups is 2. The molecule has 0 unspecified atom stereocenters. The summed E-state index contributed by atoms with van der Waals surface area (Å²) >= 11 is 0. The van der Waals surface area contributed by atoms with Gasteiger partial charge in [-0.3, -0.25) is 9.59 Å². The number of rotatable bonds is 8. The van der Waals surface area contributed by atoms with Gasteiger partial charge in [0.1, 0.15) is 0 Å². The van der Waals surface area contributed by atoms with E-state index in [1.807, 2.05) is 54.6 Å². The van der Waals surface area contributed by atoms with Gasteiger partial charge in [0.05, 0.1) is 0 Å². The lowest BCUT2D eigenvalue weighted by molar-refractivity contribution is -0.121. The van der Waals surface area contributed by atoms with Crippen LogP contribution >= 0.6 is 0 Å². The first-order valence-corrected chi connectivity index (χ1v) is 9.16. The average molecular weight is 352 g/mol. The van der Waals surface area contributed by atoms with Crippen LogP contribution in [0.4, 0.5) is 5.69 Å². The number of carbonyl (C=O) groups excluding carboxylic acids is 2. The van der Waals surface area contributed by atoms with Crippen molar-refractivity contribution in [2.24, 2.45) is 0 Å². The molecule has 0 bridgehead atoms. The van der Waals surface area contributed by atoms with Crippen LogP contribution in [-0.4, -0.2) is 24.9 Å². The van der Waals surface area contributed by atoms with Crippen LogP contribution in [0.5, 0.6) is 0 Å². The predicted molar refractivity (Wildman–Crippen MR) is 106 cm³/mol. The van der Waals surface area contributed by atoms with Crippen LogP contribution in [0.25, 0.3) is 0 Å². The van der Waals surface area contributed by atoms with Gasteiger partial charge in [-0.1, -0.05) is 56.3 Å². The fourth-order valence-electron chi connectivity index (χ4n) is 2.80. The van der Waals surface area contributed by atoms with E-state index in [-0.39, 0.29) is 11.8 Å². The van der Waals surface area contributed by atoms with E-state index in [4.69, 9.17) is 0 Å². The largest absolute Gasteiger partial charge is 0.356 e. The highest BCUT2D eigenvalue weighted by atomic mass is 16.2. The summed E-state index contributed by atoms with van der Waals surface area (Å²) in [7, 11) is 0. The molecular weight excluding hydrogens is 324 g/mol. The van der Waals surface area contributed by atoms with Gasteiger partial charge in [-0.15, -0.1) is 0 Å². The number of nitrogens with zero attached hydrogens (tertiary/aromatic N) is 1. The lowest BCUT2D eigenvalue weighted by Gasteiger charge is -2.21. The van der Waals surface area contributed by atoms with Gasteiger partial charge in [0.25, 0.3) is 0 Å². The molecule has 0 aliphatic rings. The predicted octanol–water partition coefficient (Wildman–Crippen LogP) is 3.91. The summed E-state index contributed by atoms with van der Waals surface area (Å²) in [4.78, 5) is 25.7. The zero-order chi connectivity index (χ0) is 18.9. The molecule has 26 heavy (non-hydrogen) atoms. The number of benzene rings is 2. The molecule has 2 aromatic rings. The van der Waals surface area contributed by atoms with E-state index in [9.17, 15) is 9.59 Å². The van der Waals surface area contributed by atoms with E-state index in [0.717, 1.165) is 12.1 Å². The molecule has 0 atom stereocenters. The van der Waals surface area contributed by atoms with Crippen LogP contribution < -0.4 is 10.2 Å². The molecule has 0 aromatic heterocycles. The van der Waals surface area contributed by atoms with Gasteiger partial charge < -0.3 is 10.2 Å². The van der Waals surface area contributed by atoms with Crippen molar-refractivity contribution in [3.05, 3.63) is 65.7 Å². The number of hydrogen-bond acceptors (Lipinski definition) is 2. The molecule has 0 saturated heterocycles. The number of anilines is 1. The van der Waals surface area contributed by atoms with Crippen LogP contribution in [0.1, 0.15) is 44.2 Å². The highest BCUT2D eigenvalue weighted by Gasteiger charge is 2.13. The normalized spacial score (nSPS) is 10.6. The van der Waals surface area contributed by atoms with Gasteiger partial charge in [-0.25, -0.2) is 0 Å². The molecule has 0 radical (unpaired) electrons. The molecule has 4 heteroatoms. The molecular formula is C22H28N2O2. The molecule has 0 heterocycles. The van der Waals surface area contributed by atoms with E-state index in [2.05, 4.69) is 19.2 Å². The quantitative estimate of drug-likeness (QED) is 0.783. The SMILES string of the molecule is CC(=O)N(CCC(=O)NCCc1ccccc1)c1ccc(C(C)C)cc1. The fourth-order valence-corrected chi connectivity index (χ4v) is 2.80. The third-order valence-corrected chi connectivity index (χ3v) is 4.39. The first-order chi connectivity index (χ1) is 12.5. The Bertz CT molecular complexity index is 709. The third-order valence-electron chi connectivity index (χ3n) is 4.39. The zero-order valence-corrected chi connectivity index (χ0v) is 15.9. The minimum Gasteiger partial charge on any atom is -0.356 e. The van der Waals surface area contributed by atoms with Crippen molar-refractivity contribution in [3.8, 4) is 0 Å². The van der Waals surface area contributed by atoms with Crippen LogP contribution in [0.3, 0.4) is 0 Å². The van der Waals surface area contributed by atoms with Crippen LogP contribution in [-0.2, 0) is 16.0 Å². The maximum absolute atomic E-state index is 12.1. The minimum absolute atomic E-state index is 0.0361. The summed E-state index contributed by atoms with van der Waals surface area (Å²) in [5, 5.41) is 2.92. The molecule has 0 saturated carbocycles. The molecule has 4 nitrogen and oxygen atoms in total. The van der Waals surface area contributed by atoms with E-state index in [1.165, 1.54) is 18.1 Å². The van der Waals surface area contributed by atoms with E-state index < -0.39 is 0 Å². The van der Waals surface area contributed by atoms with Crippen molar-refractivity contribution in [1.29, 1.82) is 0 Å². The Hall–Kier alpha value is -2.62. The molecule has 0 aliphatic heterocycles. The molecule has 2 aromatic carbocycles. The Labute approximate surface area is 156 Å². The highest BCUT2D eigenvalue weighted by molar-refractivity contribution is 5.92. The number of hydrogen-bond donors (Lipinski definition) is 1.